The Bertz CT molecular complexity index is 1270. The number of nitrogens with zero attached hydrogens (tertiary/aromatic N) is 3. The van der Waals surface area contributed by atoms with Gasteiger partial charge < -0.3 is 18.9 Å². The third-order valence-corrected chi connectivity index (χ3v) is 7.23. The van der Waals surface area contributed by atoms with Crippen LogP contribution in [0.15, 0.2) is 46.8 Å². The molecule has 4 rings (SSSR count). The van der Waals surface area contributed by atoms with Crippen LogP contribution in [0.25, 0.3) is 10.2 Å². The van der Waals surface area contributed by atoms with Gasteiger partial charge in [-0.3, -0.25) is 14.4 Å². The summed E-state index contributed by atoms with van der Waals surface area (Å²) in [6, 6.07) is 11.1. The molecule has 0 radical (unpaired) electrons. The molecular weight excluding hydrogens is 466 g/mol. The molecule has 1 aliphatic rings. The number of rotatable bonds is 7. The maximum Gasteiger partial charge on any atom is 0.308 e. The van der Waals surface area contributed by atoms with E-state index in [0.717, 1.165) is 21.6 Å². The van der Waals surface area contributed by atoms with E-state index in [4.69, 9.17) is 9.47 Å². The zero-order chi connectivity index (χ0) is 24.9. The number of ether oxygens (including phenoxy) is 2. The highest BCUT2D eigenvalue weighted by Gasteiger charge is 2.26. The Kier molecular flexibility index (Phi) is 7.65. The molecule has 1 fully saturated rings. The van der Waals surface area contributed by atoms with E-state index in [0.29, 0.717) is 43.7 Å². The Balaban J connectivity index is 1.57. The quantitative estimate of drug-likeness (QED) is 0.443. The smallest absolute Gasteiger partial charge is 0.308 e. The molecule has 1 aliphatic carbocycles. The molecule has 0 spiro atoms. The number of hydrogen-bond donors (Lipinski definition) is 0. The third kappa shape index (κ3) is 5.30. The predicted octanol–water partition coefficient (Wildman–Crippen LogP) is 4.71. The van der Waals surface area contributed by atoms with Crippen molar-refractivity contribution in [3.8, 4) is 5.75 Å². The molecule has 0 aliphatic heterocycles. The average molecular weight is 496 g/mol. The number of benzene rings is 1. The second-order valence-electron chi connectivity index (χ2n) is 8.41. The zero-order valence-electron chi connectivity index (χ0n) is 20.2. The SMILES string of the molecule is CCN(C(=O)Cn1c(C(=O)N=C2CCC(C(=O)OC)CC2)cc2sccc21)c1cccc(OC)c1. The second kappa shape index (κ2) is 10.9. The lowest BCUT2D eigenvalue weighted by Gasteiger charge is -2.22. The van der Waals surface area contributed by atoms with Gasteiger partial charge in [-0.2, -0.15) is 0 Å². The highest BCUT2D eigenvalue weighted by atomic mass is 32.1. The van der Waals surface area contributed by atoms with Crippen LogP contribution in [0.3, 0.4) is 0 Å². The van der Waals surface area contributed by atoms with E-state index in [9.17, 15) is 14.4 Å². The number of hydrogen-bond acceptors (Lipinski definition) is 6. The van der Waals surface area contributed by atoms with E-state index in [1.807, 2.05) is 48.7 Å². The molecule has 0 bridgehead atoms. The monoisotopic (exact) mass is 495 g/mol. The van der Waals surface area contributed by atoms with Crippen molar-refractivity contribution in [2.75, 3.05) is 25.7 Å². The number of anilines is 1. The summed E-state index contributed by atoms with van der Waals surface area (Å²) in [6.45, 7) is 2.41. The van der Waals surface area contributed by atoms with Crippen LogP contribution in [0.2, 0.25) is 0 Å². The first-order valence-corrected chi connectivity index (χ1v) is 12.5. The standard InChI is InChI=1S/C26H29N3O5S/c1-4-28(19-6-5-7-20(14-19)33-2)24(30)16-29-21-12-13-35-23(21)15-22(29)25(31)27-18-10-8-17(9-11-18)26(32)34-3/h5-7,12-15,17H,4,8-11,16H2,1-3H3. The number of aliphatic imine (C=N–C) groups is 1. The first-order valence-electron chi connectivity index (χ1n) is 11.6. The number of fused-ring (bicyclic) bond motifs is 1. The van der Waals surface area contributed by atoms with Gasteiger partial charge in [0.05, 0.1) is 30.4 Å². The highest BCUT2D eigenvalue weighted by molar-refractivity contribution is 7.17. The van der Waals surface area contributed by atoms with Crippen LogP contribution in [0.5, 0.6) is 5.75 Å². The van der Waals surface area contributed by atoms with Crippen molar-refractivity contribution in [1.29, 1.82) is 0 Å². The summed E-state index contributed by atoms with van der Waals surface area (Å²) in [7, 11) is 2.98. The molecule has 2 heterocycles. The van der Waals surface area contributed by atoms with Gasteiger partial charge in [-0.1, -0.05) is 6.07 Å². The Morgan fingerprint density at radius 3 is 2.60 bits per heavy atom. The maximum absolute atomic E-state index is 13.4. The highest BCUT2D eigenvalue weighted by Crippen LogP contribution is 2.28. The largest absolute Gasteiger partial charge is 0.497 e. The fraction of sp³-hybridized carbons (Fsp3) is 0.385. The van der Waals surface area contributed by atoms with Gasteiger partial charge >= 0.3 is 5.97 Å². The predicted molar refractivity (Wildman–Crippen MR) is 137 cm³/mol. The minimum absolute atomic E-state index is 0.0155. The molecule has 0 unspecified atom stereocenters. The molecule has 0 atom stereocenters. The molecule has 0 N–H and O–H groups in total. The van der Waals surface area contributed by atoms with Crippen molar-refractivity contribution in [2.24, 2.45) is 10.9 Å². The Morgan fingerprint density at radius 2 is 1.91 bits per heavy atom. The van der Waals surface area contributed by atoms with Gasteiger partial charge in [0.25, 0.3) is 5.91 Å². The normalized spacial score (nSPS) is 15.6. The minimum atomic E-state index is -0.364. The summed E-state index contributed by atoms with van der Waals surface area (Å²) in [6.07, 6.45) is 2.41. The lowest BCUT2D eigenvalue weighted by molar-refractivity contribution is -0.146. The summed E-state index contributed by atoms with van der Waals surface area (Å²) >= 11 is 1.52. The summed E-state index contributed by atoms with van der Waals surface area (Å²) in [5.41, 5.74) is 2.75. The van der Waals surface area contributed by atoms with Gasteiger partial charge in [0.1, 0.15) is 18.0 Å². The molecule has 2 aromatic heterocycles. The molecular formula is C26H29N3O5S. The number of thiophene rings is 1. The third-order valence-electron chi connectivity index (χ3n) is 6.37. The number of likely N-dealkylation sites (N-methyl/N-ethyl adjacent to an activating group) is 1. The Morgan fingerprint density at radius 1 is 1.14 bits per heavy atom. The van der Waals surface area contributed by atoms with Gasteiger partial charge in [0.2, 0.25) is 5.91 Å². The van der Waals surface area contributed by atoms with E-state index in [2.05, 4.69) is 4.99 Å². The van der Waals surface area contributed by atoms with E-state index < -0.39 is 0 Å². The second-order valence-corrected chi connectivity index (χ2v) is 9.35. The van der Waals surface area contributed by atoms with Crippen LogP contribution in [0.1, 0.15) is 43.1 Å². The molecule has 3 aromatic rings. The molecule has 9 heteroatoms. The van der Waals surface area contributed by atoms with Crippen molar-refractivity contribution >= 4 is 50.7 Å². The van der Waals surface area contributed by atoms with Gasteiger partial charge in [0.15, 0.2) is 0 Å². The molecule has 8 nitrogen and oxygen atoms in total. The Hall–Kier alpha value is -3.46. The fourth-order valence-corrected chi connectivity index (χ4v) is 5.31. The summed E-state index contributed by atoms with van der Waals surface area (Å²) in [5, 5.41) is 1.94. The fourth-order valence-electron chi connectivity index (χ4n) is 4.49. The Labute approximate surface area is 208 Å². The molecule has 35 heavy (non-hydrogen) atoms. The number of esters is 1. The topological polar surface area (TPSA) is 90.2 Å². The van der Waals surface area contributed by atoms with Gasteiger partial charge in [-0.15, -0.1) is 11.3 Å². The van der Waals surface area contributed by atoms with E-state index >= 15 is 0 Å². The number of carbonyl (C=O) groups is 3. The lowest BCUT2D eigenvalue weighted by atomic mass is 9.88. The summed E-state index contributed by atoms with van der Waals surface area (Å²) in [4.78, 5) is 44.4. The van der Waals surface area contributed by atoms with Crippen molar-refractivity contribution in [3.63, 3.8) is 0 Å². The van der Waals surface area contributed by atoms with E-state index in [-0.39, 0.29) is 30.2 Å². The first kappa shape index (κ1) is 24.7. The average Bonchev–Trinajstić information content (AvgIpc) is 3.47. The van der Waals surface area contributed by atoms with Gasteiger partial charge in [-0.25, -0.2) is 4.99 Å². The van der Waals surface area contributed by atoms with Crippen LogP contribution in [-0.2, 0) is 20.9 Å². The summed E-state index contributed by atoms with van der Waals surface area (Å²) < 4.78 is 12.8. The van der Waals surface area contributed by atoms with Crippen LogP contribution in [-0.4, -0.2) is 48.8 Å². The van der Waals surface area contributed by atoms with E-state index in [1.54, 1.807) is 16.6 Å². The minimum Gasteiger partial charge on any atom is -0.497 e. The molecule has 0 saturated heterocycles. The molecule has 184 valence electrons. The van der Waals surface area contributed by atoms with Gasteiger partial charge in [-0.05, 0) is 62.3 Å². The van der Waals surface area contributed by atoms with Gasteiger partial charge in [0, 0.05) is 24.0 Å². The van der Waals surface area contributed by atoms with Crippen molar-refractivity contribution in [1.82, 2.24) is 4.57 Å². The first-order chi connectivity index (χ1) is 16.9. The van der Waals surface area contributed by atoms with Crippen LogP contribution in [0, 0.1) is 5.92 Å². The van der Waals surface area contributed by atoms with Crippen molar-refractivity contribution in [3.05, 3.63) is 47.5 Å². The molecule has 2 amide bonds. The van der Waals surface area contributed by atoms with Crippen LogP contribution >= 0.6 is 11.3 Å². The number of aromatic nitrogens is 1. The number of amides is 2. The summed E-state index contributed by atoms with van der Waals surface area (Å²) in [5.74, 6) is -0.178. The lowest BCUT2D eigenvalue weighted by Crippen LogP contribution is -2.34. The van der Waals surface area contributed by atoms with Crippen LogP contribution in [0.4, 0.5) is 5.69 Å². The van der Waals surface area contributed by atoms with E-state index in [1.165, 1.54) is 18.4 Å². The van der Waals surface area contributed by atoms with Crippen LogP contribution < -0.4 is 9.64 Å². The number of methoxy groups -OCH3 is 2. The van der Waals surface area contributed by atoms with Crippen molar-refractivity contribution in [2.45, 2.75) is 39.2 Å². The maximum atomic E-state index is 13.4. The molecule has 1 saturated carbocycles. The molecule has 1 aromatic carbocycles. The zero-order valence-corrected chi connectivity index (χ0v) is 21.0. The number of carbonyl (C=O) groups excluding carboxylic acids is 3. The van der Waals surface area contributed by atoms with Crippen molar-refractivity contribution < 1.29 is 23.9 Å².